The zero-order chi connectivity index (χ0) is 23.6. The summed E-state index contributed by atoms with van der Waals surface area (Å²) >= 11 is 0. The van der Waals surface area contributed by atoms with E-state index < -0.39 is 0 Å². The van der Waals surface area contributed by atoms with Gasteiger partial charge in [0.1, 0.15) is 31.3 Å². The van der Waals surface area contributed by atoms with E-state index >= 15 is 0 Å². The number of tetrazole rings is 1. The van der Waals surface area contributed by atoms with Gasteiger partial charge in [-0.3, -0.25) is 9.69 Å². The number of nitrogens with one attached hydrogen (secondary N) is 1. The van der Waals surface area contributed by atoms with Crippen molar-refractivity contribution in [3.05, 3.63) is 88.3 Å². The van der Waals surface area contributed by atoms with Crippen molar-refractivity contribution in [2.24, 2.45) is 0 Å². The number of pyridine rings is 1. The average Bonchev–Trinajstić information content (AvgIpc) is 3.63. The van der Waals surface area contributed by atoms with Crippen LogP contribution in [0.1, 0.15) is 22.9 Å². The maximum absolute atomic E-state index is 13.0. The molecule has 0 bridgehead atoms. The second-order valence-corrected chi connectivity index (χ2v) is 8.26. The minimum absolute atomic E-state index is 0.172. The van der Waals surface area contributed by atoms with E-state index in [9.17, 15) is 4.79 Å². The monoisotopic (exact) mass is 474 g/mol. The van der Waals surface area contributed by atoms with Crippen LogP contribution in [0.4, 0.5) is 0 Å². The molecule has 11 nitrogen and oxygen atoms in total. The molecule has 5 heterocycles. The van der Waals surface area contributed by atoms with E-state index in [-0.39, 0.29) is 5.56 Å². The van der Waals surface area contributed by atoms with Gasteiger partial charge in [-0.05, 0) is 46.8 Å². The molecule has 0 aliphatic carbocycles. The van der Waals surface area contributed by atoms with Crippen LogP contribution in [0.5, 0.6) is 11.5 Å². The first-order chi connectivity index (χ1) is 17.2. The van der Waals surface area contributed by atoms with Crippen molar-refractivity contribution in [3.8, 4) is 11.5 Å². The number of benzene rings is 1. The number of furan rings is 2. The number of fused-ring (bicyclic) bond motifs is 2. The molecule has 0 saturated heterocycles. The lowest BCUT2D eigenvalue weighted by Gasteiger charge is -2.21. The van der Waals surface area contributed by atoms with Gasteiger partial charge < -0.3 is 23.3 Å². The Bertz CT molecular complexity index is 1490. The smallest absolute Gasteiger partial charge is 0.252 e. The molecule has 11 heteroatoms. The van der Waals surface area contributed by atoms with Gasteiger partial charge in [-0.25, -0.2) is 4.68 Å². The summed E-state index contributed by atoms with van der Waals surface area (Å²) in [6.45, 7) is 2.62. The fraction of sp³-hybridized carbons (Fsp3) is 0.250. The molecule has 0 radical (unpaired) electrons. The predicted octanol–water partition coefficient (Wildman–Crippen LogP) is 2.72. The van der Waals surface area contributed by atoms with E-state index in [1.165, 1.54) is 0 Å². The largest absolute Gasteiger partial charge is 0.486 e. The van der Waals surface area contributed by atoms with Crippen molar-refractivity contribution in [2.75, 3.05) is 13.2 Å². The number of H-pyrrole nitrogens is 1. The Labute approximate surface area is 198 Å². The van der Waals surface area contributed by atoms with Crippen molar-refractivity contribution >= 4 is 10.9 Å². The minimum Gasteiger partial charge on any atom is -0.486 e. The Balaban J connectivity index is 1.30. The van der Waals surface area contributed by atoms with Crippen molar-refractivity contribution in [1.29, 1.82) is 0 Å². The topological polar surface area (TPSA) is 124 Å². The lowest BCUT2D eigenvalue weighted by atomic mass is 10.1. The van der Waals surface area contributed by atoms with Crippen LogP contribution in [-0.2, 0) is 26.2 Å². The summed E-state index contributed by atoms with van der Waals surface area (Å²) in [6, 6.07) is 13.0. The molecule has 6 rings (SSSR count). The maximum atomic E-state index is 13.0. The molecule has 4 aromatic heterocycles. The van der Waals surface area contributed by atoms with Gasteiger partial charge in [0, 0.05) is 23.6 Å². The Kier molecular flexibility index (Phi) is 5.51. The first kappa shape index (κ1) is 21.2. The van der Waals surface area contributed by atoms with Crippen molar-refractivity contribution in [2.45, 2.75) is 26.2 Å². The molecule has 0 unspecified atom stereocenters. The standard InChI is InChI=1S/C24H22N6O5/c31-24-17(9-16-10-21-22(11-20(16)25-24)35-8-7-34-21)12-29(13-18-3-1-5-32-18)15-23-26-27-28-30(23)14-19-4-2-6-33-19/h1-6,9-11H,7-8,12-15H2,(H,25,31). The molecular formula is C24H22N6O5. The molecule has 0 saturated carbocycles. The summed E-state index contributed by atoms with van der Waals surface area (Å²) < 4.78 is 24.0. The molecule has 0 spiro atoms. The molecule has 0 fully saturated rings. The number of nitrogens with zero attached hydrogens (tertiary/aromatic N) is 5. The highest BCUT2D eigenvalue weighted by Gasteiger charge is 2.19. The van der Waals surface area contributed by atoms with E-state index in [0.717, 1.165) is 16.9 Å². The van der Waals surface area contributed by atoms with Gasteiger partial charge in [-0.15, -0.1) is 5.10 Å². The Morgan fingerprint density at radius 2 is 1.71 bits per heavy atom. The zero-order valence-electron chi connectivity index (χ0n) is 18.7. The van der Waals surface area contributed by atoms with E-state index in [1.54, 1.807) is 23.3 Å². The SMILES string of the molecule is O=c1[nH]c2cc3c(cc2cc1CN(Cc1ccco1)Cc1nnnn1Cc1ccco1)OCCO3. The lowest BCUT2D eigenvalue weighted by Crippen LogP contribution is -2.28. The van der Waals surface area contributed by atoms with Gasteiger partial charge in [0.25, 0.3) is 5.56 Å². The molecular weight excluding hydrogens is 452 g/mol. The molecule has 1 aliphatic rings. The number of rotatable bonds is 8. The van der Waals surface area contributed by atoms with Gasteiger partial charge in [-0.1, -0.05) is 0 Å². The van der Waals surface area contributed by atoms with Gasteiger partial charge in [0.2, 0.25) is 0 Å². The summed E-state index contributed by atoms with van der Waals surface area (Å²) in [6.07, 6.45) is 3.24. The van der Waals surface area contributed by atoms with Crippen LogP contribution < -0.4 is 15.0 Å². The molecule has 0 atom stereocenters. The summed E-state index contributed by atoms with van der Waals surface area (Å²) in [5.74, 6) is 3.47. The molecule has 1 aromatic carbocycles. The van der Waals surface area contributed by atoms with Crippen molar-refractivity contribution in [1.82, 2.24) is 30.1 Å². The Morgan fingerprint density at radius 3 is 2.49 bits per heavy atom. The first-order valence-electron chi connectivity index (χ1n) is 11.2. The predicted molar refractivity (Wildman–Crippen MR) is 123 cm³/mol. The zero-order valence-corrected chi connectivity index (χ0v) is 18.7. The lowest BCUT2D eigenvalue weighted by molar-refractivity contribution is 0.172. The van der Waals surface area contributed by atoms with Crippen LogP contribution in [0.2, 0.25) is 0 Å². The second kappa shape index (κ2) is 9.11. The van der Waals surface area contributed by atoms with E-state index in [2.05, 4.69) is 25.4 Å². The van der Waals surface area contributed by atoms with Crippen molar-refractivity contribution in [3.63, 3.8) is 0 Å². The molecule has 0 amide bonds. The minimum atomic E-state index is -0.172. The van der Waals surface area contributed by atoms with Crippen LogP contribution >= 0.6 is 0 Å². The quantitative estimate of drug-likeness (QED) is 0.361. The van der Waals surface area contributed by atoms with E-state index in [1.807, 2.05) is 36.4 Å². The average molecular weight is 474 g/mol. The van der Waals surface area contributed by atoms with Crippen LogP contribution in [0, 0.1) is 0 Å². The molecule has 1 N–H and O–H groups in total. The van der Waals surface area contributed by atoms with E-state index in [4.69, 9.17) is 18.3 Å². The van der Waals surface area contributed by atoms with Crippen LogP contribution in [-0.4, -0.2) is 43.3 Å². The highest BCUT2D eigenvalue weighted by molar-refractivity contribution is 5.83. The van der Waals surface area contributed by atoms with Gasteiger partial charge in [0.05, 0.1) is 31.1 Å². The van der Waals surface area contributed by atoms with Crippen LogP contribution in [0.15, 0.2) is 68.6 Å². The molecule has 35 heavy (non-hydrogen) atoms. The first-order valence-corrected chi connectivity index (χ1v) is 11.2. The third kappa shape index (κ3) is 4.53. The molecule has 5 aromatic rings. The number of hydrogen-bond acceptors (Lipinski definition) is 9. The molecule has 178 valence electrons. The fourth-order valence-electron chi connectivity index (χ4n) is 4.15. The number of ether oxygens (including phenoxy) is 2. The Morgan fingerprint density at radius 1 is 0.943 bits per heavy atom. The van der Waals surface area contributed by atoms with E-state index in [0.29, 0.717) is 67.8 Å². The summed E-state index contributed by atoms with van der Waals surface area (Å²) in [5, 5.41) is 13.0. The van der Waals surface area contributed by atoms with Gasteiger partial charge in [0.15, 0.2) is 17.3 Å². The third-order valence-electron chi connectivity index (χ3n) is 5.79. The maximum Gasteiger partial charge on any atom is 0.252 e. The molecule has 1 aliphatic heterocycles. The number of aromatic amines is 1. The normalized spacial score (nSPS) is 13.1. The fourth-order valence-corrected chi connectivity index (χ4v) is 4.15. The third-order valence-corrected chi connectivity index (χ3v) is 5.79. The highest BCUT2D eigenvalue weighted by atomic mass is 16.6. The Hall–Kier alpha value is -4.38. The summed E-state index contributed by atoms with van der Waals surface area (Å²) in [7, 11) is 0. The van der Waals surface area contributed by atoms with Gasteiger partial charge in [-0.2, -0.15) is 0 Å². The number of aromatic nitrogens is 5. The second-order valence-electron chi connectivity index (χ2n) is 8.26. The van der Waals surface area contributed by atoms with Crippen molar-refractivity contribution < 1.29 is 18.3 Å². The summed E-state index contributed by atoms with van der Waals surface area (Å²) in [4.78, 5) is 18.0. The van der Waals surface area contributed by atoms with Crippen LogP contribution in [0.3, 0.4) is 0 Å². The van der Waals surface area contributed by atoms with Crippen LogP contribution in [0.25, 0.3) is 10.9 Å². The highest BCUT2D eigenvalue weighted by Crippen LogP contribution is 2.33. The van der Waals surface area contributed by atoms with Gasteiger partial charge >= 0.3 is 0 Å². The number of hydrogen-bond donors (Lipinski definition) is 1. The summed E-state index contributed by atoms with van der Waals surface area (Å²) in [5.41, 5.74) is 1.13.